The second kappa shape index (κ2) is 5.84. The van der Waals surface area contributed by atoms with Crippen LogP contribution in [0.5, 0.6) is 0 Å². The Kier molecular flexibility index (Phi) is 4.34. The summed E-state index contributed by atoms with van der Waals surface area (Å²) in [5, 5.41) is 5.09. The van der Waals surface area contributed by atoms with Gasteiger partial charge >= 0.3 is 0 Å². The van der Waals surface area contributed by atoms with Gasteiger partial charge in [0.2, 0.25) is 0 Å². The van der Waals surface area contributed by atoms with E-state index in [0.29, 0.717) is 0 Å². The monoisotopic (exact) mass is 283 g/mol. The molecular formula is C18H25NSi. The molecule has 106 valence electrons. The van der Waals surface area contributed by atoms with Gasteiger partial charge < -0.3 is 5.32 Å². The summed E-state index contributed by atoms with van der Waals surface area (Å²) in [4.78, 5) is 0. The number of nitrogens with one attached hydrogen (secondary N) is 1. The minimum absolute atomic E-state index is 0.887. The lowest BCUT2D eigenvalue weighted by Gasteiger charge is -2.17. The molecule has 2 aromatic carbocycles. The Bertz CT molecular complexity index is 559. The normalized spacial score (nSPS) is 11.4. The van der Waals surface area contributed by atoms with Gasteiger partial charge in [0.15, 0.2) is 0 Å². The maximum Gasteiger partial charge on any atom is 0.0775 e. The molecule has 0 aliphatic rings. The highest BCUT2D eigenvalue weighted by Gasteiger charge is 2.15. The van der Waals surface area contributed by atoms with Crippen LogP contribution in [0.1, 0.15) is 16.7 Å². The van der Waals surface area contributed by atoms with Crippen molar-refractivity contribution in [3.8, 4) is 0 Å². The van der Waals surface area contributed by atoms with E-state index in [1.807, 2.05) is 0 Å². The average Bonchev–Trinajstić information content (AvgIpc) is 2.37. The highest BCUT2D eigenvalue weighted by atomic mass is 28.3. The quantitative estimate of drug-likeness (QED) is 0.817. The molecule has 1 N–H and O–H groups in total. The fourth-order valence-electron chi connectivity index (χ4n) is 2.41. The van der Waals surface area contributed by atoms with Gasteiger partial charge in [-0.15, -0.1) is 0 Å². The van der Waals surface area contributed by atoms with Crippen LogP contribution in [0.2, 0.25) is 19.6 Å². The van der Waals surface area contributed by atoms with Gasteiger partial charge in [-0.3, -0.25) is 0 Å². The van der Waals surface area contributed by atoms with Crippen molar-refractivity contribution in [1.29, 1.82) is 0 Å². The third-order valence-corrected chi connectivity index (χ3v) is 5.84. The van der Waals surface area contributed by atoms with Crippen LogP contribution in [0, 0.1) is 13.8 Å². The lowest BCUT2D eigenvalue weighted by Crippen LogP contribution is -2.37. The van der Waals surface area contributed by atoms with Crippen molar-refractivity contribution in [2.75, 3.05) is 5.32 Å². The smallest absolute Gasteiger partial charge is 0.0775 e. The van der Waals surface area contributed by atoms with Gasteiger partial charge in [-0.05, 0) is 30.5 Å². The molecule has 0 heterocycles. The molecule has 0 aromatic heterocycles. The van der Waals surface area contributed by atoms with Crippen LogP contribution in [-0.2, 0) is 6.54 Å². The number of para-hydroxylation sites is 1. The Balaban J connectivity index is 2.08. The molecule has 0 aliphatic heterocycles. The Hall–Kier alpha value is -1.54. The SMILES string of the molecule is Cc1cccc(C)c1NCc1ccc([Si](C)(C)C)cc1. The number of rotatable bonds is 4. The lowest BCUT2D eigenvalue weighted by atomic mass is 10.1. The summed E-state index contributed by atoms with van der Waals surface area (Å²) in [6.45, 7) is 12.4. The maximum absolute atomic E-state index is 3.57. The molecule has 0 saturated carbocycles. The van der Waals surface area contributed by atoms with Gasteiger partial charge in [0, 0.05) is 12.2 Å². The molecule has 0 radical (unpaired) electrons. The van der Waals surface area contributed by atoms with Crippen LogP contribution >= 0.6 is 0 Å². The Morgan fingerprint density at radius 1 is 0.850 bits per heavy atom. The van der Waals surface area contributed by atoms with E-state index < -0.39 is 8.07 Å². The van der Waals surface area contributed by atoms with Gasteiger partial charge in [-0.1, -0.05) is 67.3 Å². The van der Waals surface area contributed by atoms with Crippen LogP contribution < -0.4 is 10.5 Å². The van der Waals surface area contributed by atoms with Gasteiger partial charge in [-0.25, -0.2) is 0 Å². The van der Waals surface area contributed by atoms with Crippen LogP contribution in [0.15, 0.2) is 42.5 Å². The predicted octanol–water partition coefficient (Wildman–Crippen LogP) is 4.46. The molecule has 0 bridgehead atoms. The molecule has 0 atom stereocenters. The van der Waals surface area contributed by atoms with Crippen LogP contribution in [0.3, 0.4) is 0 Å². The third-order valence-electron chi connectivity index (χ3n) is 3.77. The molecule has 0 unspecified atom stereocenters. The first-order chi connectivity index (χ1) is 9.38. The van der Waals surface area contributed by atoms with Crippen molar-refractivity contribution >= 4 is 18.9 Å². The van der Waals surface area contributed by atoms with Crippen LogP contribution in [-0.4, -0.2) is 8.07 Å². The zero-order valence-electron chi connectivity index (χ0n) is 13.2. The van der Waals surface area contributed by atoms with E-state index in [1.54, 1.807) is 0 Å². The van der Waals surface area contributed by atoms with Crippen molar-refractivity contribution < 1.29 is 0 Å². The molecule has 0 amide bonds. The first-order valence-electron chi connectivity index (χ1n) is 7.27. The number of hydrogen-bond acceptors (Lipinski definition) is 1. The first kappa shape index (κ1) is 14.9. The standard InChI is InChI=1S/C18H25NSi/c1-14-7-6-8-15(2)18(14)19-13-16-9-11-17(12-10-16)20(3,4)5/h6-12,19H,13H2,1-5H3. The van der Waals surface area contributed by atoms with Gasteiger partial charge in [0.1, 0.15) is 0 Å². The van der Waals surface area contributed by atoms with Gasteiger partial charge in [0.05, 0.1) is 8.07 Å². The maximum atomic E-state index is 3.57. The molecule has 0 spiro atoms. The van der Waals surface area contributed by atoms with Gasteiger partial charge in [0.25, 0.3) is 0 Å². The molecule has 0 saturated heterocycles. The van der Waals surface area contributed by atoms with Crippen molar-refractivity contribution in [2.24, 2.45) is 0 Å². The summed E-state index contributed by atoms with van der Waals surface area (Å²) >= 11 is 0. The Morgan fingerprint density at radius 2 is 1.40 bits per heavy atom. The molecule has 2 aromatic rings. The van der Waals surface area contributed by atoms with E-state index in [-0.39, 0.29) is 0 Å². The Labute approximate surface area is 124 Å². The summed E-state index contributed by atoms with van der Waals surface area (Å²) in [5.41, 5.74) is 5.23. The zero-order valence-corrected chi connectivity index (χ0v) is 14.2. The fourth-order valence-corrected chi connectivity index (χ4v) is 3.57. The molecule has 2 heteroatoms. The third kappa shape index (κ3) is 3.51. The number of aryl methyl sites for hydroxylation is 2. The highest BCUT2D eigenvalue weighted by molar-refractivity contribution is 6.88. The Morgan fingerprint density at radius 3 is 1.90 bits per heavy atom. The van der Waals surface area contributed by atoms with E-state index in [9.17, 15) is 0 Å². The lowest BCUT2D eigenvalue weighted by molar-refractivity contribution is 1.13. The summed E-state index contributed by atoms with van der Waals surface area (Å²) in [6.07, 6.45) is 0. The largest absolute Gasteiger partial charge is 0.381 e. The molecule has 0 fully saturated rings. The van der Waals surface area contributed by atoms with Crippen LogP contribution in [0.4, 0.5) is 5.69 Å². The zero-order chi connectivity index (χ0) is 14.8. The molecule has 2 rings (SSSR count). The van der Waals surface area contributed by atoms with Gasteiger partial charge in [-0.2, -0.15) is 0 Å². The van der Waals surface area contributed by atoms with Crippen molar-refractivity contribution in [2.45, 2.75) is 40.0 Å². The molecule has 1 nitrogen and oxygen atoms in total. The molecule has 20 heavy (non-hydrogen) atoms. The topological polar surface area (TPSA) is 12.0 Å². The second-order valence-electron chi connectivity index (χ2n) is 6.57. The minimum Gasteiger partial charge on any atom is -0.381 e. The highest BCUT2D eigenvalue weighted by Crippen LogP contribution is 2.20. The van der Waals surface area contributed by atoms with E-state index in [4.69, 9.17) is 0 Å². The molecule has 0 aliphatic carbocycles. The summed E-state index contributed by atoms with van der Waals surface area (Å²) < 4.78 is 0. The van der Waals surface area contributed by atoms with Crippen molar-refractivity contribution in [3.63, 3.8) is 0 Å². The summed E-state index contributed by atoms with van der Waals surface area (Å²) in [6, 6.07) is 15.5. The van der Waals surface area contributed by atoms with E-state index in [2.05, 4.69) is 81.3 Å². The number of benzene rings is 2. The van der Waals surface area contributed by atoms with Crippen molar-refractivity contribution in [3.05, 3.63) is 59.2 Å². The fraction of sp³-hybridized carbons (Fsp3) is 0.333. The number of hydrogen-bond donors (Lipinski definition) is 1. The minimum atomic E-state index is -1.18. The van der Waals surface area contributed by atoms with E-state index in [1.165, 1.54) is 27.6 Å². The summed E-state index contributed by atoms with van der Waals surface area (Å²) in [7, 11) is -1.18. The average molecular weight is 283 g/mol. The van der Waals surface area contributed by atoms with Crippen molar-refractivity contribution in [1.82, 2.24) is 0 Å². The number of anilines is 1. The second-order valence-corrected chi connectivity index (χ2v) is 11.6. The predicted molar refractivity (Wildman–Crippen MR) is 92.7 cm³/mol. The van der Waals surface area contributed by atoms with E-state index in [0.717, 1.165) is 6.54 Å². The van der Waals surface area contributed by atoms with Crippen LogP contribution in [0.25, 0.3) is 0 Å². The summed E-state index contributed by atoms with van der Waals surface area (Å²) in [5.74, 6) is 0. The van der Waals surface area contributed by atoms with E-state index >= 15 is 0 Å². The molecular weight excluding hydrogens is 258 g/mol. The first-order valence-corrected chi connectivity index (χ1v) is 10.8.